The van der Waals surface area contributed by atoms with E-state index in [0.29, 0.717) is 11.6 Å². The molecule has 1 fully saturated rings. The standard InChI is InChI=1S/C9H16ClNOS/c1-13-6-8(12)11-9(7-10)4-2-3-5-9/h2-7H2,1H3,(H,11,12). The minimum Gasteiger partial charge on any atom is -0.349 e. The number of nitrogens with one attached hydrogen (secondary N) is 1. The summed E-state index contributed by atoms with van der Waals surface area (Å²) in [5.41, 5.74) is -0.0889. The predicted octanol–water partition coefficient (Wildman–Crippen LogP) is 2.02. The lowest BCUT2D eigenvalue weighted by atomic mass is 10.0. The number of thioether (sulfide) groups is 1. The third-order valence-corrected chi connectivity index (χ3v) is 3.56. The average molecular weight is 222 g/mol. The average Bonchev–Trinajstić information content (AvgIpc) is 2.54. The van der Waals surface area contributed by atoms with Gasteiger partial charge in [0.2, 0.25) is 5.91 Å². The van der Waals surface area contributed by atoms with Crippen LogP contribution in [0.25, 0.3) is 0 Å². The van der Waals surface area contributed by atoms with Crippen LogP contribution in [-0.2, 0) is 4.79 Å². The smallest absolute Gasteiger partial charge is 0.230 e. The molecular weight excluding hydrogens is 206 g/mol. The van der Waals surface area contributed by atoms with Gasteiger partial charge in [0.25, 0.3) is 0 Å². The van der Waals surface area contributed by atoms with E-state index in [9.17, 15) is 4.79 Å². The van der Waals surface area contributed by atoms with E-state index >= 15 is 0 Å². The number of hydrogen-bond acceptors (Lipinski definition) is 2. The fourth-order valence-corrected chi connectivity index (χ4v) is 2.48. The molecule has 0 bridgehead atoms. The Morgan fingerprint density at radius 2 is 2.15 bits per heavy atom. The molecule has 0 saturated heterocycles. The molecule has 0 aromatic rings. The molecule has 0 radical (unpaired) electrons. The Labute approximate surface area is 88.8 Å². The van der Waals surface area contributed by atoms with Crippen LogP contribution in [-0.4, -0.2) is 29.3 Å². The van der Waals surface area contributed by atoms with Crippen LogP contribution < -0.4 is 5.32 Å². The molecule has 13 heavy (non-hydrogen) atoms. The molecule has 1 aliphatic rings. The summed E-state index contributed by atoms with van der Waals surface area (Å²) in [6, 6.07) is 0. The van der Waals surface area contributed by atoms with Gasteiger partial charge >= 0.3 is 0 Å². The van der Waals surface area contributed by atoms with Crippen LogP contribution in [0.4, 0.5) is 0 Å². The molecule has 1 N–H and O–H groups in total. The molecule has 4 heteroatoms. The molecule has 0 aromatic heterocycles. The maximum Gasteiger partial charge on any atom is 0.230 e. The molecule has 1 rings (SSSR count). The summed E-state index contributed by atoms with van der Waals surface area (Å²) in [6.45, 7) is 0. The van der Waals surface area contributed by atoms with Crippen LogP contribution in [0.15, 0.2) is 0 Å². The first-order valence-electron chi connectivity index (χ1n) is 4.58. The molecule has 0 spiro atoms. The topological polar surface area (TPSA) is 29.1 Å². The van der Waals surface area contributed by atoms with Gasteiger partial charge in [0.05, 0.1) is 11.3 Å². The highest BCUT2D eigenvalue weighted by molar-refractivity contribution is 7.99. The number of rotatable bonds is 4. The Morgan fingerprint density at radius 3 is 2.62 bits per heavy atom. The van der Waals surface area contributed by atoms with Crippen molar-refractivity contribution < 1.29 is 4.79 Å². The van der Waals surface area contributed by atoms with Gasteiger partial charge in [0, 0.05) is 5.88 Å². The van der Waals surface area contributed by atoms with Gasteiger partial charge < -0.3 is 5.32 Å². The van der Waals surface area contributed by atoms with E-state index < -0.39 is 0 Å². The molecule has 0 aromatic carbocycles. The van der Waals surface area contributed by atoms with Crippen molar-refractivity contribution in [1.82, 2.24) is 5.32 Å². The van der Waals surface area contributed by atoms with E-state index in [2.05, 4.69) is 5.32 Å². The normalized spacial score (nSPS) is 20.2. The zero-order chi connectivity index (χ0) is 9.73. The first kappa shape index (κ1) is 11.2. The van der Waals surface area contributed by atoms with E-state index in [-0.39, 0.29) is 11.4 Å². The van der Waals surface area contributed by atoms with E-state index in [0.717, 1.165) is 12.8 Å². The van der Waals surface area contributed by atoms with Crippen molar-refractivity contribution in [2.24, 2.45) is 0 Å². The number of carbonyl (C=O) groups excluding carboxylic acids is 1. The molecular formula is C9H16ClNOS. The van der Waals surface area contributed by atoms with Crippen molar-refractivity contribution in [1.29, 1.82) is 0 Å². The highest BCUT2D eigenvalue weighted by Gasteiger charge is 2.33. The Balaban J connectivity index is 2.43. The summed E-state index contributed by atoms with van der Waals surface area (Å²) >= 11 is 7.43. The SMILES string of the molecule is CSCC(=O)NC1(CCl)CCCC1. The van der Waals surface area contributed by atoms with Crippen LogP contribution in [0.3, 0.4) is 0 Å². The quantitative estimate of drug-likeness (QED) is 0.736. The Kier molecular flexibility index (Phi) is 4.39. The summed E-state index contributed by atoms with van der Waals surface area (Å²) in [7, 11) is 0. The Bertz CT molecular complexity index is 180. The van der Waals surface area contributed by atoms with Crippen LogP contribution in [0, 0.1) is 0 Å². The van der Waals surface area contributed by atoms with E-state index in [4.69, 9.17) is 11.6 Å². The van der Waals surface area contributed by atoms with Gasteiger partial charge in [0.1, 0.15) is 0 Å². The van der Waals surface area contributed by atoms with Crippen LogP contribution >= 0.6 is 23.4 Å². The fraction of sp³-hybridized carbons (Fsp3) is 0.889. The summed E-state index contributed by atoms with van der Waals surface area (Å²) in [5.74, 6) is 1.21. The third kappa shape index (κ3) is 3.06. The lowest BCUT2D eigenvalue weighted by molar-refractivity contribution is -0.120. The van der Waals surface area contributed by atoms with Gasteiger partial charge in [0.15, 0.2) is 0 Å². The van der Waals surface area contributed by atoms with Gasteiger partial charge in [-0.3, -0.25) is 4.79 Å². The monoisotopic (exact) mass is 221 g/mol. The maximum atomic E-state index is 11.4. The van der Waals surface area contributed by atoms with Gasteiger partial charge in [-0.15, -0.1) is 11.6 Å². The molecule has 0 aliphatic heterocycles. The first-order valence-corrected chi connectivity index (χ1v) is 6.51. The Hall–Kier alpha value is 0.110. The molecule has 1 saturated carbocycles. The summed E-state index contributed by atoms with van der Waals surface area (Å²) in [5, 5.41) is 3.05. The van der Waals surface area contributed by atoms with Gasteiger partial charge in [-0.25, -0.2) is 0 Å². The second-order valence-corrected chi connectivity index (χ2v) is 4.74. The number of halogens is 1. The summed E-state index contributed by atoms with van der Waals surface area (Å²) < 4.78 is 0. The number of alkyl halides is 1. The fourth-order valence-electron chi connectivity index (χ4n) is 1.81. The number of amides is 1. The highest BCUT2D eigenvalue weighted by Crippen LogP contribution is 2.30. The zero-order valence-corrected chi connectivity index (χ0v) is 9.51. The van der Waals surface area contributed by atoms with Crippen molar-refractivity contribution in [3.8, 4) is 0 Å². The Morgan fingerprint density at radius 1 is 1.54 bits per heavy atom. The van der Waals surface area contributed by atoms with E-state index in [1.165, 1.54) is 12.8 Å². The molecule has 1 aliphatic carbocycles. The predicted molar refractivity (Wildman–Crippen MR) is 58.4 cm³/mol. The van der Waals surface area contributed by atoms with Crippen LogP contribution in [0.1, 0.15) is 25.7 Å². The molecule has 0 unspecified atom stereocenters. The molecule has 2 nitrogen and oxygen atoms in total. The summed E-state index contributed by atoms with van der Waals surface area (Å²) in [6.07, 6.45) is 6.38. The van der Waals surface area contributed by atoms with Crippen molar-refractivity contribution in [2.75, 3.05) is 17.9 Å². The summed E-state index contributed by atoms with van der Waals surface area (Å²) in [4.78, 5) is 11.4. The minimum atomic E-state index is -0.0889. The van der Waals surface area contributed by atoms with Crippen LogP contribution in [0.5, 0.6) is 0 Å². The van der Waals surface area contributed by atoms with Gasteiger partial charge in [-0.05, 0) is 19.1 Å². The number of carbonyl (C=O) groups is 1. The molecule has 0 heterocycles. The minimum absolute atomic E-state index is 0.0889. The van der Waals surface area contributed by atoms with Crippen LogP contribution in [0.2, 0.25) is 0 Å². The molecule has 0 atom stereocenters. The van der Waals surface area contributed by atoms with E-state index in [1.54, 1.807) is 11.8 Å². The van der Waals surface area contributed by atoms with Crippen molar-refractivity contribution in [2.45, 2.75) is 31.2 Å². The van der Waals surface area contributed by atoms with Crippen molar-refractivity contribution >= 4 is 29.3 Å². The lowest BCUT2D eigenvalue weighted by Gasteiger charge is -2.27. The number of hydrogen-bond donors (Lipinski definition) is 1. The van der Waals surface area contributed by atoms with Gasteiger partial charge in [-0.1, -0.05) is 12.8 Å². The maximum absolute atomic E-state index is 11.4. The molecule has 76 valence electrons. The van der Waals surface area contributed by atoms with Crippen molar-refractivity contribution in [3.63, 3.8) is 0 Å². The lowest BCUT2D eigenvalue weighted by Crippen LogP contribution is -2.48. The van der Waals surface area contributed by atoms with Crippen molar-refractivity contribution in [3.05, 3.63) is 0 Å². The third-order valence-electron chi connectivity index (χ3n) is 2.50. The second-order valence-electron chi connectivity index (χ2n) is 3.60. The second kappa shape index (κ2) is 5.11. The highest BCUT2D eigenvalue weighted by atomic mass is 35.5. The van der Waals surface area contributed by atoms with E-state index in [1.807, 2.05) is 6.26 Å². The van der Waals surface area contributed by atoms with Gasteiger partial charge in [-0.2, -0.15) is 11.8 Å². The first-order chi connectivity index (χ1) is 6.22. The molecule has 1 amide bonds. The zero-order valence-electron chi connectivity index (χ0n) is 7.94. The largest absolute Gasteiger partial charge is 0.349 e.